The first-order chi connectivity index (χ1) is 7.96. The normalized spacial score (nSPS) is 12.4. The Morgan fingerprint density at radius 2 is 1.94 bits per heavy atom. The van der Waals surface area contributed by atoms with Crippen molar-refractivity contribution in [3.05, 3.63) is 36.0 Å². The quantitative estimate of drug-likeness (QED) is 0.762. The summed E-state index contributed by atoms with van der Waals surface area (Å²) in [4.78, 5) is 8.77. The molecule has 0 unspecified atom stereocenters. The number of benzene rings is 1. The molecular weight excluding hydrogens is 212 g/mol. The van der Waals surface area contributed by atoms with Crippen molar-refractivity contribution in [2.75, 3.05) is 0 Å². The van der Waals surface area contributed by atoms with Crippen molar-refractivity contribution in [2.24, 2.45) is 4.99 Å². The fourth-order valence-electron chi connectivity index (χ4n) is 1.48. The Morgan fingerprint density at radius 1 is 1.18 bits per heavy atom. The van der Waals surface area contributed by atoms with E-state index in [9.17, 15) is 5.11 Å². The largest absolute Gasteiger partial charge is 0.506 e. The van der Waals surface area contributed by atoms with Gasteiger partial charge in [0.1, 0.15) is 11.3 Å². The van der Waals surface area contributed by atoms with Gasteiger partial charge >= 0.3 is 0 Å². The number of rotatable bonds is 1. The number of pyridine rings is 1. The molecule has 88 valence electrons. The summed E-state index contributed by atoms with van der Waals surface area (Å²) < 4.78 is 0. The molecule has 3 heteroatoms. The number of para-hydroxylation sites is 1. The van der Waals surface area contributed by atoms with E-state index in [1.165, 1.54) is 0 Å². The number of aromatic hydroxyl groups is 1. The van der Waals surface area contributed by atoms with E-state index >= 15 is 0 Å². The topological polar surface area (TPSA) is 45.5 Å². The van der Waals surface area contributed by atoms with Crippen molar-refractivity contribution >= 4 is 17.1 Å². The van der Waals surface area contributed by atoms with E-state index < -0.39 is 0 Å². The van der Waals surface area contributed by atoms with Gasteiger partial charge in [-0.2, -0.15) is 0 Å². The van der Waals surface area contributed by atoms with E-state index in [-0.39, 0.29) is 11.3 Å². The van der Waals surface area contributed by atoms with Gasteiger partial charge in [-0.05, 0) is 32.9 Å². The van der Waals surface area contributed by atoms with Gasteiger partial charge in [0.25, 0.3) is 0 Å². The third-order valence-corrected chi connectivity index (χ3v) is 2.30. The third kappa shape index (κ3) is 2.81. The number of aromatic nitrogens is 1. The lowest BCUT2D eigenvalue weighted by Crippen LogP contribution is -2.09. The number of nitrogens with zero attached hydrogens (tertiary/aromatic N) is 2. The fraction of sp³-hybridized carbons (Fsp3) is 0.286. The Hall–Kier alpha value is -1.90. The fourth-order valence-corrected chi connectivity index (χ4v) is 1.48. The lowest BCUT2D eigenvalue weighted by Gasteiger charge is -2.10. The Balaban J connectivity index is 2.45. The van der Waals surface area contributed by atoms with E-state index in [2.05, 4.69) is 9.98 Å². The van der Waals surface area contributed by atoms with E-state index in [4.69, 9.17) is 0 Å². The molecule has 17 heavy (non-hydrogen) atoms. The molecule has 2 aromatic rings. The van der Waals surface area contributed by atoms with E-state index in [1.54, 1.807) is 12.3 Å². The Bertz CT molecular complexity index is 568. The molecule has 0 radical (unpaired) electrons. The number of fused-ring (bicyclic) bond motifs is 1. The summed E-state index contributed by atoms with van der Waals surface area (Å²) >= 11 is 0. The summed E-state index contributed by atoms with van der Waals surface area (Å²) in [6.07, 6.45) is 1.74. The second kappa shape index (κ2) is 4.17. The highest BCUT2D eigenvalue weighted by Gasteiger charge is 2.06. The van der Waals surface area contributed by atoms with Crippen LogP contribution in [0, 0.1) is 0 Å². The molecule has 0 aliphatic heterocycles. The minimum atomic E-state index is -0.116. The lowest BCUT2D eigenvalue weighted by atomic mass is 10.1. The maximum Gasteiger partial charge on any atom is 0.141 e. The molecule has 0 saturated carbocycles. The molecule has 0 bridgehead atoms. The summed E-state index contributed by atoms with van der Waals surface area (Å²) in [6, 6.07) is 9.21. The van der Waals surface area contributed by atoms with Crippen molar-refractivity contribution in [1.82, 2.24) is 4.98 Å². The van der Waals surface area contributed by atoms with Crippen LogP contribution in [0.15, 0.2) is 35.3 Å². The minimum absolute atomic E-state index is 0.116. The highest BCUT2D eigenvalue weighted by atomic mass is 16.3. The van der Waals surface area contributed by atoms with Gasteiger partial charge in [0.2, 0.25) is 0 Å². The summed E-state index contributed by atoms with van der Waals surface area (Å²) in [5.41, 5.74) is 1.26. The Morgan fingerprint density at radius 3 is 2.65 bits per heavy atom. The second-order valence-corrected chi connectivity index (χ2v) is 5.01. The molecule has 0 saturated heterocycles. The molecule has 3 nitrogen and oxygen atoms in total. The Kier molecular flexibility index (Phi) is 2.84. The summed E-state index contributed by atoms with van der Waals surface area (Å²) in [6.45, 7) is 6.09. The van der Waals surface area contributed by atoms with Crippen LogP contribution < -0.4 is 0 Å². The second-order valence-electron chi connectivity index (χ2n) is 5.01. The first-order valence-corrected chi connectivity index (χ1v) is 5.60. The molecule has 0 fully saturated rings. The number of phenolic OH excluding ortho intramolecular Hbond substituents is 1. The summed E-state index contributed by atoms with van der Waals surface area (Å²) in [7, 11) is 0. The molecule has 0 spiro atoms. The van der Waals surface area contributed by atoms with Crippen molar-refractivity contribution in [1.29, 1.82) is 0 Å². The van der Waals surface area contributed by atoms with Gasteiger partial charge in [-0.15, -0.1) is 0 Å². The van der Waals surface area contributed by atoms with Crippen molar-refractivity contribution in [3.8, 4) is 5.75 Å². The van der Waals surface area contributed by atoms with Crippen LogP contribution in [0.25, 0.3) is 10.9 Å². The smallest absolute Gasteiger partial charge is 0.141 e. The van der Waals surface area contributed by atoms with Gasteiger partial charge in [-0.1, -0.05) is 18.2 Å². The number of phenols is 1. The van der Waals surface area contributed by atoms with Crippen LogP contribution in [-0.2, 0) is 0 Å². The number of hydrogen-bond acceptors (Lipinski definition) is 3. The maximum absolute atomic E-state index is 9.72. The predicted molar refractivity (Wildman–Crippen MR) is 70.8 cm³/mol. The van der Waals surface area contributed by atoms with Gasteiger partial charge in [0.15, 0.2) is 0 Å². The highest BCUT2D eigenvalue weighted by molar-refractivity contribution is 5.88. The van der Waals surface area contributed by atoms with Crippen LogP contribution in [-0.4, -0.2) is 21.8 Å². The van der Waals surface area contributed by atoms with Crippen molar-refractivity contribution < 1.29 is 5.11 Å². The van der Waals surface area contributed by atoms with Crippen molar-refractivity contribution in [2.45, 2.75) is 26.3 Å². The SMILES string of the molecule is CC(C)(C)/N=C/c1ccc2cccc(O)c2n1. The van der Waals surface area contributed by atoms with Gasteiger partial charge in [-0.25, -0.2) is 4.98 Å². The van der Waals surface area contributed by atoms with Crippen LogP contribution in [0.1, 0.15) is 26.5 Å². The standard InChI is InChI=1S/C14H16N2O/c1-14(2,3)15-9-11-8-7-10-5-4-6-12(17)13(10)16-11/h4-9,17H,1-3H3/b15-9+. The van der Waals surface area contributed by atoms with Crippen LogP contribution in [0.5, 0.6) is 5.75 Å². The number of hydrogen-bond donors (Lipinski definition) is 1. The van der Waals surface area contributed by atoms with Gasteiger partial charge < -0.3 is 5.11 Å². The molecule has 1 heterocycles. The van der Waals surface area contributed by atoms with E-state index in [1.807, 2.05) is 45.0 Å². The highest BCUT2D eigenvalue weighted by Crippen LogP contribution is 2.22. The zero-order valence-electron chi connectivity index (χ0n) is 10.3. The van der Waals surface area contributed by atoms with E-state index in [0.29, 0.717) is 5.52 Å². The molecule has 0 aliphatic carbocycles. The zero-order chi connectivity index (χ0) is 12.5. The minimum Gasteiger partial charge on any atom is -0.506 e. The van der Waals surface area contributed by atoms with Gasteiger partial charge in [0.05, 0.1) is 11.2 Å². The zero-order valence-corrected chi connectivity index (χ0v) is 10.3. The maximum atomic E-state index is 9.72. The molecule has 1 N–H and O–H groups in total. The van der Waals surface area contributed by atoms with Crippen molar-refractivity contribution in [3.63, 3.8) is 0 Å². The summed E-state index contributed by atoms with van der Waals surface area (Å²) in [5, 5.41) is 10.6. The number of aliphatic imine (C=N–C) groups is 1. The first-order valence-electron chi connectivity index (χ1n) is 5.60. The first kappa shape index (κ1) is 11.6. The van der Waals surface area contributed by atoms with Crippen LogP contribution in [0.4, 0.5) is 0 Å². The molecule has 0 aliphatic rings. The molecule has 0 amide bonds. The van der Waals surface area contributed by atoms with Gasteiger partial charge in [-0.3, -0.25) is 4.99 Å². The third-order valence-electron chi connectivity index (χ3n) is 2.30. The summed E-state index contributed by atoms with van der Waals surface area (Å²) in [5.74, 6) is 0.202. The average molecular weight is 228 g/mol. The molecular formula is C14H16N2O. The average Bonchev–Trinajstić information content (AvgIpc) is 2.26. The van der Waals surface area contributed by atoms with Crippen LogP contribution in [0.3, 0.4) is 0 Å². The molecule has 2 rings (SSSR count). The molecule has 0 atom stereocenters. The Labute approximate surface area is 101 Å². The molecule has 1 aromatic carbocycles. The van der Waals surface area contributed by atoms with Gasteiger partial charge in [0, 0.05) is 11.6 Å². The lowest BCUT2D eigenvalue weighted by molar-refractivity contribution is 0.480. The monoisotopic (exact) mass is 228 g/mol. The van der Waals surface area contributed by atoms with E-state index in [0.717, 1.165) is 11.1 Å². The van der Waals surface area contributed by atoms with Crippen LogP contribution in [0.2, 0.25) is 0 Å². The van der Waals surface area contributed by atoms with Crippen LogP contribution >= 0.6 is 0 Å². The molecule has 1 aromatic heterocycles. The predicted octanol–water partition coefficient (Wildman–Crippen LogP) is 3.16.